The summed E-state index contributed by atoms with van der Waals surface area (Å²) >= 11 is 0. The molecule has 0 radical (unpaired) electrons. The number of allylic oxidation sites excluding steroid dienone is 2. The van der Waals surface area contributed by atoms with Gasteiger partial charge in [0, 0.05) is 5.41 Å². The van der Waals surface area contributed by atoms with Crippen molar-refractivity contribution in [3.05, 3.63) is 59.2 Å². The van der Waals surface area contributed by atoms with E-state index in [1.807, 2.05) is 0 Å². The fraction of sp³-hybridized carbons (Fsp3) is 0.333. The Kier molecular flexibility index (Phi) is 3.30. The molecule has 0 saturated carbocycles. The third-order valence-electron chi connectivity index (χ3n) is 4.18. The Hall–Kier alpha value is -1.56. The molecule has 0 atom stereocenters. The Morgan fingerprint density at radius 1 is 1.06 bits per heavy atom. The topological polar surface area (TPSA) is 0 Å². The lowest BCUT2D eigenvalue weighted by molar-refractivity contribution is 0.624. The summed E-state index contributed by atoms with van der Waals surface area (Å²) in [4.78, 5) is 0. The van der Waals surface area contributed by atoms with E-state index in [1.165, 1.54) is 27.5 Å². The number of benzene rings is 2. The summed E-state index contributed by atoms with van der Waals surface area (Å²) in [6.07, 6.45) is 2.22. The molecule has 0 unspecified atom stereocenters. The van der Waals surface area contributed by atoms with Crippen molar-refractivity contribution in [2.45, 2.75) is 40.0 Å². The van der Waals surface area contributed by atoms with Crippen LogP contribution in [-0.4, -0.2) is 0 Å². The molecular formula is C18H22. The molecule has 0 amide bonds. The minimum Gasteiger partial charge on any atom is -0.0879 e. The van der Waals surface area contributed by atoms with Gasteiger partial charge < -0.3 is 0 Å². The maximum atomic E-state index is 2.32. The maximum Gasteiger partial charge on any atom is 0.0111 e. The Morgan fingerprint density at radius 2 is 1.72 bits per heavy atom. The molecule has 2 rings (SSSR count). The fourth-order valence-corrected chi connectivity index (χ4v) is 2.77. The highest BCUT2D eigenvalue weighted by Gasteiger charge is 2.25. The van der Waals surface area contributed by atoms with Crippen LogP contribution >= 0.6 is 0 Å². The predicted molar refractivity (Wildman–Crippen MR) is 81.1 cm³/mol. The molecule has 94 valence electrons. The van der Waals surface area contributed by atoms with E-state index in [9.17, 15) is 0 Å². The van der Waals surface area contributed by atoms with Crippen LogP contribution in [0.3, 0.4) is 0 Å². The monoisotopic (exact) mass is 238 g/mol. The Morgan fingerprint density at radius 3 is 2.39 bits per heavy atom. The van der Waals surface area contributed by atoms with Gasteiger partial charge in [-0.25, -0.2) is 0 Å². The zero-order chi connectivity index (χ0) is 13.3. The van der Waals surface area contributed by atoms with Crippen LogP contribution in [0.25, 0.3) is 10.8 Å². The Balaban J connectivity index is 2.81. The molecule has 0 fully saturated rings. The van der Waals surface area contributed by atoms with E-state index in [0.717, 1.165) is 0 Å². The molecule has 0 heteroatoms. The van der Waals surface area contributed by atoms with Gasteiger partial charge in [-0.3, -0.25) is 0 Å². The van der Waals surface area contributed by atoms with Crippen LogP contribution < -0.4 is 0 Å². The first-order chi connectivity index (χ1) is 8.48. The highest BCUT2D eigenvalue weighted by Crippen LogP contribution is 2.37. The Bertz CT molecular complexity index is 600. The molecule has 0 aliphatic heterocycles. The van der Waals surface area contributed by atoms with Crippen molar-refractivity contribution in [3.63, 3.8) is 0 Å². The van der Waals surface area contributed by atoms with Gasteiger partial charge in [-0.15, -0.1) is 0 Å². The standard InChI is InChI=1S/C18H22/c1-6-14(3)18(4,5)17-13(2)11-12-15-9-7-8-10-16(15)17/h6-12H,1-5H3/b14-6-. The molecular weight excluding hydrogens is 216 g/mol. The minimum absolute atomic E-state index is 0.0830. The lowest BCUT2D eigenvalue weighted by Crippen LogP contribution is -2.20. The molecule has 0 saturated heterocycles. The average Bonchev–Trinajstić information content (AvgIpc) is 2.37. The third kappa shape index (κ3) is 1.96. The number of rotatable bonds is 2. The molecule has 2 aromatic carbocycles. The van der Waals surface area contributed by atoms with E-state index in [0.29, 0.717) is 0 Å². The first-order valence-electron chi connectivity index (χ1n) is 6.60. The highest BCUT2D eigenvalue weighted by atomic mass is 14.3. The summed E-state index contributed by atoms with van der Waals surface area (Å²) < 4.78 is 0. The first-order valence-corrected chi connectivity index (χ1v) is 6.60. The van der Waals surface area contributed by atoms with Crippen LogP contribution in [0.15, 0.2) is 48.0 Å². The van der Waals surface area contributed by atoms with Gasteiger partial charge in [0.15, 0.2) is 0 Å². The second-order valence-corrected chi connectivity index (χ2v) is 5.58. The smallest absolute Gasteiger partial charge is 0.0111 e. The van der Waals surface area contributed by atoms with Crippen LogP contribution in [0.5, 0.6) is 0 Å². The molecule has 0 N–H and O–H groups in total. The van der Waals surface area contributed by atoms with Gasteiger partial charge >= 0.3 is 0 Å². The molecule has 0 aromatic heterocycles. The summed E-state index contributed by atoms with van der Waals surface area (Å²) in [7, 11) is 0. The lowest BCUT2D eigenvalue weighted by Gasteiger charge is -2.30. The van der Waals surface area contributed by atoms with Crippen molar-refractivity contribution in [1.82, 2.24) is 0 Å². The number of aryl methyl sites for hydroxylation is 1. The zero-order valence-electron chi connectivity index (χ0n) is 12.0. The van der Waals surface area contributed by atoms with Crippen LogP contribution in [0.2, 0.25) is 0 Å². The van der Waals surface area contributed by atoms with Crippen LogP contribution in [0.1, 0.15) is 38.8 Å². The van der Waals surface area contributed by atoms with Gasteiger partial charge in [-0.2, -0.15) is 0 Å². The summed E-state index contributed by atoms with van der Waals surface area (Å²) in [5.74, 6) is 0. The molecule has 0 nitrogen and oxygen atoms in total. The minimum atomic E-state index is 0.0830. The zero-order valence-corrected chi connectivity index (χ0v) is 12.0. The van der Waals surface area contributed by atoms with Gasteiger partial charge in [0.1, 0.15) is 0 Å². The van der Waals surface area contributed by atoms with Gasteiger partial charge in [0.25, 0.3) is 0 Å². The molecule has 0 spiro atoms. The molecule has 18 heavy (non-hydrogen) atoms. The largest absolute Gasteiger partial charge is 0.0879 e. The molecule has 2 aromatic rings. The van der Waals surface area contributed by atoms with Crippen molar-refractivity contribution < 1.29 is 0 Å². The number of hydrogen-bond acceptors (Lipinski definition) is 0. The SMILES string of the molecule is C/C=C(/C)C(C)(C)c1c(C)ccc2ccccc12. The molecule has 0 bridgehead atoms. The number of hydrogen-bond donors (Lipinski definition) is 0. The second kappa shape index (κ2) is 4.61. The normalized spacial score (nSPS) is 13.1. The van der Waals surface area contributed by atoms with E-state index < -0.39 is 0 Å². The summed E-state index contributed by atoms with van der Waals surface area (Å²) in [5, 5.41) is 2.71. The van der Waals surface area contributed by atoms with E-state index in [-0.39, 0.29) is 5.41 Å². The highest BCUT2D eigenvalue weighted by molar-refractivity contribution is 5.88. The van der Waals surface area contributed by atoms with Crippen molar-refractivity contribution in [2.24, 2.45) is 0 Å². The fourth-order valence-electron chi connectivity index (χ4n) is 2.77. The van der Waals surface area contributed by atoms with Gasteiger partial charge in [-0.1, -0.05) is 61.9 Å². The van der Waals surface area contributed by atoms with Crippen LogP contribution in [0, 0.1) is 6.92 Å². The van der Waals surface area contributed by atoms with Crippen LogP contribution in [-0.2, 0) is 5.41 Å². The maximum absolute atomic E-state index is 2.32. The Labute approximate surface area is 110 Å². The summed E-state index contributed by atoms with van der Waals surface area (Å²) in [6, 6.07) is 13.1. The summed E-state index contributed by atoms with van der Waals surface area (Å²) in [5.41, 5.74) is 4.33. The molecule has 0 aliphatic carbocycles. The van der Waals surface area contributed by atoms with E-state index in [4.69, 9.17) is 0 Å². The average molecular weight is 238 g/mol. The van der Waals surface area contributed by atoms with Crippen molar-refractivity contribution >= 4 is 10.8 Å². The van der Waals surface area contributed by atoms with Crippen LogP contribution in [0.4, 0.5) is 0 Å². The van der Waals surface area contributed by atoms with E-state index in [2.05, 4.69) is 77.1 Å². The van der Waals surface area contributed by atoms with Crippen molar-refractivity contribution in [3.8, 4) is 0 Å². The predicted octanol–water partition coefficient (Wildman–Crippen LogP) is 5.39. The second-order valence-electron chi connectivity index (χ2n) is 5.58. The van der Waals surface area contributed by atoms with Gasteiger partial charge in [0.05, 0.1) is 0 Å². The van der Waals surface area contributed by atoms with Crippen molar-refractivity contribution in [1.29, 1.82) is 0 Å². The van der Waals surface area contributed by atoms with Gasteiger partial charge in [0.2, 0.25) is 0 Å². The summed E-state index contributed by atoms with van der Waals surface area (Å²) in [6.45, 7) is 11.2. The van der Waals surface area contributed by atoms with Gasteiger partial charge in [-0.05, 0) is 42.7 Å². The first kappa shape index (κ1) is 12.9. The van der Waals surface area contributed by atoms with Crippen molar-refractivity contribution in [2.75, 3.05) is 0 Å². The quantitative estimate of drug-likeness (QED) is 0.615. The van der Waals surface area contributed by atoms with E-state index in [1.54, 1.807) is 0 Å². The molecule has 0 aliphatic rings. The van der Waals surface area contributed by atoms with E-state index >= 15 is 0 Å². The molecule has 0 heterocycles. The lowest BCUT2D eigenvalue weighted by atomic mass is 9.74. The third-order valence-corrected chi connectivity index (χ3v) is 4.18. The number of fused-ring (bicyclic) bond motifs is 1.